The van der Waals surface area contributed by atoms with Crippen LogP contribution in [0.3, 0.4) is 0 Å². The predicted molar refractivity (Wildman–Crippen MR) is 162 cm³/mol. The van der Waals surface area contributed by atoms with Gasteiger partial charge in [0.25, 0.3) is 0 Å². The van der Waals surface area contributed by atoms with E-state index in [0.717, 1.165) is 37.7 Å². The number of primary amides is 1. The molecule has 230 valence electrons. The Morgan fingerprint density at radius 3 is 2.27 bits per heavy atom. The number of unbranched alkanes of at least 4 members (excludes halogenated alkanes) is 1. The van der Waals surface area contributed by atoms with Crippen molar-refractivity contribution in [2.45, 2.75) is 94.8 Å². The largest absolute Gasteiger partial charge is 0.370 e. The third-order valence-electron chi connectivity index (χ3n) is 7.60. The highest BCUT2D eigenvalue weighted by atomic mass is 16.2. The van der Waals surface area contributed by atoms with E-state index in [-0.39, 0.29) is 23.8 Å². The number of rotatable bonds is 20. The van der Waals surface area contributed by atoms with Crippen LogP contribution in [0.25, 0.3) is 0 Å². The number of hydrogen-bond donors (Lipinski definition) is 9. The Morgan fingerprint density at radius 2 is 1.63 bits per heavy atom. The Labute approximate surface area is 244 Å². The number of guanidine groups is 1. The van der Waals surface area contributed by atoms with Gasteiger partial charge in [0.2, 0.25) is 17.7 Å². The van der Waals surface area contributed by atoms with Crippen molar-refractivity contribution in [2.24, 2.45) is 28.9 Å². The molecule has 0 heterocycles. The van der Waals surface area contributed by atoms with E-state index in [2.05, 4.69) is 21.3 Å². The molecule has 1 aliphatic rings. The first-order valence-corrected chi connectivity index (χ1v) is 14.9. The highest BCUT2D eigenvalue weighted by molar-refractivity contribution is 5.89. The van der Waals surface area contributed by atoms with Gasteiger partial charge in [-0.15, -0.1) is 0 Å². The van der Waals surface area contributed by atoms with Crippen LogP contribution in [-0.2, 0) is 20.8 Å². The molecule has 2 rings (SSSR count). The molecule has 0 unspecified atom stereocenters. The number of carbonyl (C=O) groups excluding carboxylic acids is 3. The summed E-state index contributed by atoms with van der Waals surface area (Å²) < 4.78 is 0. The van der Waals surface area contributed by atoms with Crippen LogP contribution in [0.2, 0.25) is 0 Å². The predicted octanol–water partition coefficient (Wildman–Crippen LogP) is -0.0579. The molecule has 0 saturated heterocycles. The number of carbonyl (C=O) groups is 3. The fourth-order valence-electron chi connectivity index (χ4n) is 5.26. The van der Waals surface area contributed by atoms with Crippen molar-refractivity contribution in [3.05, 3.63) is 35.9 Å². The van der Waals surface area contributed by atoms with Crippen molar-refractivity contribution >= 4 is 23.7 Å². The van der Waals surface area contributed by atoms with Crippen LogP contribution in [0.4, 0.5) is 0 Å². The molecule has 13 N–H and O–H groups in total. The maximum atomic E-state index is 13.4. The molecule has 41 heavy (non-hydrogen) atoms. The second kappa shape index (κ2) is 19.0. The standard InChI is InChI=1S/C29H51N9O3/c30-15-7-6-14-24(26(32)39)38-28(41)25(18-21-11-4-5-12-21)36-19-22(13-8-16-35-29(33)34)37-27(40)23(31)17-20-9-2-1-3-10-20/h1-3,9-10,21-25,36H,4-8,11-19,30-31H2,(H2,32,39)(H,37,40)(H,38,41)(H4,33,34,35)/t22-,23+,24+,25+/m1/s1. The third-order valence-corrected chi connectivity index (χ3v) is 7.60. The van der Waals surface area contributed by atoms with Crippen molar-refractivity contribution in [1.82, 2.24) is 21.3 Å². The lowest BCUT2D eigenvalue weighted by molar-refractivity contribution is -0.129. The zero-order chi connectivity index (χ0) is 30.0. The van der Waals surface area contributed by atoms with Crippen LogP contribution >= 0.6 is 0 Å². The van der Waals surface area contributed by atoms with Gasteiger partial charge in [-0.1, -0.05) is 56.0 Å². The molecule has 0 spiro atoms. The van der Waals surface area contributed by atoms with Gasteiger partial charge in [-0.25, -0.2) is 0 Å². The quantitative estimate of drug-likeness (QED) is 0.0582. The lowest BCUT2D eigenvalue weighted by Crippen LogP contribution is -2.55. The molecule has 12 heteroatoms. The molecule has 1 aliphatic carbocycles. The molecule has 0 radical (unpaired) electrons. The first-order valence-electron chi connectivity index (χ1n) is 14.9. The van der Waals surface area contributed by atoms with Crippen molar-refractivity contribution < 1.29 is 14.4 Å². The van der Waals surface area contributed by atoms with Crippen LogP contribution in [0.5, 0.6) is 0 Å². The van der Waals surface area contributed by atoms with Crippen LogP contribution in [0.1, 0.15) is 69.8 Å². The van der Waals surface area contributed by atoms with Gasteiger partial charge < -0.3 is 44.2 Å². The molecule has 0 aliphatic heterocycles. The number of benzene rings is 1. The fourth-order valence-corrected chi connectivity index (χ4v) is 5.26. The lowest BCUT2D eigenvalue weighted by Gasteiger charge is -2.27. The first-order chi connectivity index (χ1) is 19.7. The number of nitrogens with one attached hydrogen (secondary N) is 5. The minimum atomic E-state index is -0.758. The maximum Gasteiger partial charge on any atom is 0.240 e. The first kappa shape index (κ1) is 34.0. The van der Waals surface area contributed by atoms with Gasteiger partial charge in [-0.3, -0.25) is 19.8 Å². The van der Waals surface area contributed by atoms with Gasteiger partial charge in [-0.05, 0) is 63.0 Å². The Balaban J connectivity index is 2.07. The van der Waals surface area contributed by atoms with Crippen LogP contribution in [0.15, 0.2) is 30.3 Å². The van der Waals surface area contributed by atoms with Gasteiger partial charge in [0.15, 0.2) is 5.96 Å². The van der Waals surface area contributed by atoms with Gasteiger partial charge in [0.1, 0.15) is 6.04 Å². The lowest BCUT2D eigenvalue weighted by atomic mass is 9.96. The molecule has 0 bridgehead atoms. The molecular formula is C29H51N9O3. The molecule has 12 nitrogen and oxygen atoms in total. The highest BCUT2D eigenvalue weighted by Crippen LogP contribution is 2.28. The summed E-state index contributed by atoms with van der Waals surface area (Å²) in [6.07, 6.45) is 8.56. The van der Waals surface area contributed by atoms with E-state index in [9.17, 15) is 14.4 Å². The van der Waals surface area contributed by atoms with Gasteiger partial charge in [-0.2, -0.15) is 0 Å². The molecule has 1 aromatic carbocycles. The smallest absolute Gasteiger partial charge is 0.240 e. The number of nitrogens with two attached hydrogens (primary N) is 4. The average Bonchev–Trinajstić information content (AvgIpc) is 3.46. The summed E-state index contributed by atoms with van der Waals surface area (Å²) in [5.41, 5.74) is 23.8. The Kier molecular flexibility index (Phi) is 15.7. The van der Waals surface area contributed by atoms with Gasteiger partial charge in [0, 0.05) is 19.1 Å². The van der Waals surface area contributed by atoms with E-state index in [1.54, 1.807) is 0 Å². The summed E-state index contributed by atoms with van der Waals surface area (Å²) >= 11 is 0. The van der Waals surface area contributed by atoms with E-state index in [4.69, 9.17) is 28.3 Å². The highest BCUT2D eigenvalue weighted by Gasteiger charge is 2.29. The monoisotopic (exact) mass is 573 g/mol. The minimum absolute atomic E-state index is 0.114. The molecular weight excluding hydrogens is 522 g/mol. The summed E-state index contributed by atoms with van der Waals surface area (Å²) in [7, 11) is 0. The van der Waals surface area contributed by atoms with Crippen molar-refractivity contribution in [1.29, 1.82) is 5.41 Å². The van der Waals surface area contributed by atoms with Crippen molar-refractivity contribution in [2.75, 3.05) is 19.6 Å². The van der Waals surface area contributed by atoms with Crippen molar-refractivity contribution in [3.63, 3.8) is 0 Å². The van der Waals surface area contributed by atoms with E-state index in [1.165, 1.54) is 0 Å². The van der Waals surface area contributed by atoms with Gasteiger partial charge >= 0.3 is 0 Å². The summed E-state index contributed by atoms with van der Waals surface area (Å²) in [5.74, 6) is -0.805. The minimum Gasteiger partial charge on any atom is -0.370 e. The van der Waals surface area contributed by atoms with Crippen molar-refractivity contribution in [3.8, 4) is 0 Å². The molecule has 1 saturated carbocycles. The second-order valence-corrected chi connectivity index (χ2v) is 11.1. The molecule has 0 aromatic heterocycles. The second-order valence-electron chi connectivity index (χ2n) is 11.1. The van der Waals surface area contributed by atoms with E-state index in [1.807, 2.05) is 30.3 Å². The molecule has 4 atom stereocenters. The van der Waals surface area contributed by atoms with E-state index in [0.29, 0.717) is 64.1 Å². The van der Waals surface area contributed by atoms with Crippen LogP contribution in [0, 0.1) is 11.3 Å². The topological polar surface area (TPSA) is 227 Å². The Hall–Kier alpha value is -3.22. The van der Waals surface area contributed by atoms with Gasteiger partial charge in [0.05, 0.1) is 12.1 Å². The fraction of sp³-hybridized carbons (Fsp3) is 0.655. The molecule has 3 amide bonds. The molecule has 1 fully saturated rings. The summed E-state index contributed by atoms with van der Waals surface area (Å²) in [6.45, 7) is 1.32. The van der Waals surface area contributed by atoms with Crippen LogP contribution in [-0.4, -0.2) is 67.5 Å². The number of amides is 3. The summed E-state index contributed by atoms with van der Waals surface area (Å²) in [4.78, 5) is 38.5. The van der Waals surface area contributed by atoms with E-state index < -0.39 is 24.0 Å². The SMILES string of the molecule is N=C(N)NCCC[C@H](CN[C@@H](CC1CCCC1)C(=O)N[C@@H](CCCCN)C(N)=O)NC(=O)[C@@H](N)Cc1ccccc1. The summed E-state index contributed by atoms with van der Waals surface area (Å²) in [6, 6.07) is 7.26. The normalized spacial score (nSPS) is 16.3. The Morgan fingerprint density at radius 1 is 0.927 bits per heavy atom. The maximum absolute atomic E-state index is 13.4. The zero-order valence-electron chi connectivity index (χ0n) is 24.2. The molecule has 1 aromatic rings. The van der Waals surface area contributed by atoms with Crippen LogP contribution < -0.4 is 44.2 Å². The van der Waals surface area contributed by atoms with E-state index >= 15 is 0 Å². The average molecular weight is 574 g/mol. The third kappa shape index (κ3) is 13.8. The Bertz CT molecular complexity index is 941. The number of hydrogen-bond acceptors (Lipinski definition) is 7. The zero-order valence-corrected chi connectivity index (χ0v) is 24.2. The summed E-state index contributed by atoms with van der Waals surface area (Å²) in [5, 5.41) is 19.4.